The number of anilines is 1. The van der Waals surface area contributed by atoms with Crippen molar-refractivity contribution < 1.29 is 22.3 Å². The number of alkyl halides is 3. The number of furan rings is 1. The Morgan fingerprint density at radius 1 is 1.29 bits per heavy atom. The standard InChI is InChI=1S/C16H17F3N2O2S/c1-2-7-23-14-6-5-11(16(17,18)19)9-13(14)21-15(24)20-10-12-4-3-8-22-12/h3-6,8-9H,2,7,10H2,1H3,(H2,20,21,24). The molecule has 2 N–H and O–H groups in total. The first kappa shape index (κ1) is 18.1. The number of hydrogen-bond acceptors (Lipinski definition) is 3. The van der Waals surface area contributed by atoms with Gasteiger partial charge in [-0.3, -0.25) is 0 Å². The van der Waals surface area contributed by atoms with Crippen LogP contribution >= 0.6 is 12.2 Å². The van der Waals surface area contributed by atoms with Gasteiger partial charge >= 0.3 is 6.18 Å². The molecule has 0 amide bonds. The van der Waals surface area contributed by atoms with Gasteiger partial charge in [-0.05, 0) is 49.0 Å². The lowest BCUT2D eigenvalue weighted by Gasteiger charge is -2.16. The third kappa shape index (κ3) is 5.16. The third-order valence-corrected chi connectivity index (χ3v) is 3.27. The third-order valence-electron chi connectivity index (χ3n) is 3.02. The Hall–Kier alpha value is -2.22. The van der Waals surface area contributed by atoms with E-state index in [2.05, 4.69) is 10.6 Å². The van der Waals surface area contributed by atoms with Gasteiger partial charge in [-0.1, -0.05) is 6.92 Å². The van der Waals surface area contributed by atoms with Crippen molar-refractivity contribution in [3.05, 3.63) is 47.9 Å². The van der Waals surface area contributed by atoms with Crippen molar-refractivity contribution in [2.45, 2.75) is 26.1 Å². The van der Waals surface area contributed by atoms with Gasteiger partial charge < -0.3 is 19.8 Å². The van der Waals surface area contributed by atoms with Crippen LogP contribution in [-0.2, 0) is 12.7 Å². The van der Waals surface area contributed by atoms with E-state index in [9.17, 15) is 13.2 Å². The minimum Gasteiger partial charge on any atom is -0.491 e. The molecule has 0 aliphatic rings. The van der Waals surface area contributed by atoms with E-state index in [1.54, 1.807) is 12.1 Å². The Bertz CT molecular complexity index is 672. The SMILES string of the molecule is CCCOc1ccc(C(F)(F)F)cc1NC(=S)NCc1ccco1. The summed E-state index contributed by atoms with van der Waals surface area (Å²) < 4.78 is 49.3. The smallest absolute Gasteiger partial charge is 0.416 e. The van der Waals surface area contributed by atoms with Crippen molar-refractivity contribution in [2.75, 3.05) is 11.9 Å². The average Bonchev–Trinajstić information content (AvgIpc) is 3.04. The van der Waals surface area contributed by atoms with E-state index in [1.165, 1.54) is 12.3 Å². The molecule has 0 saturated carbocycles. The average molecular weight is 358 g/mol. The van der Waals surface area contributed by atoms with Gasteiger partial charge in [0.25, 0.3) is 0 Å². The van der Waals surface area contributed by atoms with E-state index < -0.39 is 11.7 Å². The van der Waals surface area contributed by atoms with Gasteiger partial charge in [0.1, 0.15) is 11.5 Å². The number of hydrogen-bond donors (Lipinski definition) is 2. The molecule has 0 bridgehead atoms. The normalized spacial score (nSPS) is 11.2. The summed E-state index contributed by atoms with van der Waals surface area (Å²) in [7, 11) is 0. The number of nitrogens with one attached hydrogen (secondary N) is 2. The molecular formula is C16H17F3N2O2S. The molecule has 0 saturated heterocycles. The molecule has 0 spiro atoms. The molecule has 2 aromatic rings. The van der Waals surface area contributed by atoms with Crippen LogP contribution in [0.2, 0.25) is 0 Å². The highest BCUT2D eigenvalue weighted by Crippen LogP contribution is 2.35. The summed E-state index contributed by atoms with van der Waals surface area (Å²) in [5.74, 6) is 0.970. The van der Waals surface area contributed by atoms with Crippen LogP contribution in [-0.4, -0.2) is 11.7 Å². The van der Waals surface area contributed by atoms with Crippen LogP contribution < -0.4 is 15.4 Å². The van der Waals surface area contributed by atoms with E-state index in [0.717, 1.165) is 18.6 Å². The zero-order chi connectivity index (χ0) is 17.6. The van der Waals surface area contributed by atoms with E-state index in [-0.39, 0.29) is 10.8 Å². The van der Waals surface area contributed by atoms with Gasteiger partial charge in [-0.15, -0.1) is 0 Å². The van der Waals surface area contributed by atoms with Gasteiger partial charge in [0.2, 0.25) is 0 Å². The van der Waals surface area contributed by atoms with Crippen LogP contribution in [0.5, 0.6) is 5.75 Å². The van der Waals surface area contributed by atoms with Gasteiger partial charge in [0, 0.05) is 0 Å². The van der Waals surface area contributed by atoms with Crippen molar-refractivity contribution in [1.29, 1.82) is 0 Å². The van der Waals surface area contributed by atoms with Crippen molar-refractivity contribution in [1.82, 2.24) is 5.32 Å². The van der Waals surface area contributed by atoms with Gasteiger partial charge in [0.15, 0.2) is 5.11 Å². The lowest BCUT2D eigenvalue weighted by molar-refractivity contribution is -0.137. The summed E-state index contributed by atoms with van der Waals surface area (Å²) in [6, 6.07) is 6.74. The first-order valence-corrected chi connectivity index (χ1v) is 7.72. The Balaban J connectivity index is 2.10. The molecular weight excluding hydrogens is 341 g/mol. The van der Waals surface area contributed by atoms with Gasteiger partial charge in [-0.2, -0.15) is 13.2 Å². The molecule has 4 nitrogen and oxygen atoms in total. The Kier molecular flexibility index (Phi) is 6.08. The highest BCUT2D eigenvalue weighted by molar-refractivity contribution is 7.80. The lowest BCUT2D eigenvalue weighted by Crippen LogP contribution is -2.28. The topological polar surface area (TPSA) is 46.4 Å². The number of ether oxygens (including phenoxy) is 1. The maximum atomic E-state index is 12.9. The quantitative estimate of drug-likeness (QED) is 0.741. The number of halogens is 3. The molecule has 0 aliphatic heterocycles. The predicted molar refractivity (Wildman–Crippen MR) is 89.0 cm³/mol. The van der Waals surface area contributed by atoms with Crippen LogP contribution in [0.15, 0.2) is 41.0 Å². The maximum Gasteiger partial charge on any atom is 0.416 e. The minimum absolute atomic E-state index is 0.162. The zero-order valence-corrected chi connectivity index (χ0v) is 13.8. The molecule has 130 valence electrons. The van der Waals surface area contributed by atoms with Crippen molar-refractivity contribution >= 4 is 23.0 Å². The number of rotatable bonds is 6. The lowest BCUT2D eigenvalue weighted by atomic mass is 10.2. The fourth-order valence-corrected chi connectivity index (χ4v) is 2.07. The van der Waals surface area contributed by atoms with E-state index in [1.807, 2.05) is 6.92 Å². The van der Waals surface area contributed by atoms with E-state index >= 15 is 0 Å². The summed E-state index contributed by atoms with van der Waals surface area (Å²) in [4.78, 5) is 0. The molecule has 0 unspecified atom stereocenters. The maximum absolute atomic E-state index is 12.9. The Morgan fingerprint density at radius 2 is 2.08 bits per heavy atom. The summed E-state index contributed by atoms with van der Waals surface area (Å²) in [5.41, 5.74) is -0.613. The van der Waals surface area contributed by atoms with Crippen LogP contribution in [0.25, 0.3) is 0 Å². The highest BCUT2D eigenvalue weighted by atomic mass is 32.1. The molecule has 0 atom stereocenters. The van der Waals surface area contributed by atoms with Crippen LogP contribution in [0.4, 0.5) is 18.9 Å². The largest absolute Gasteiger partial charge is 0.491 e. The second kappa shape index (κ2) is 8.05. The summed E-state index contributed by atoms with van der Waals surface area (Å²) in [5, 5.41) is 5.79. The fourth-order valence-electron chi connectivity index (χ4n) is 1.89. The highest BCUT2D eigenvalue weighted by Gasteiger charge is 2.31. The first-order chi connectivity index (χ1) is 11.4. The number of thiocarbonyl (C=S) groups is 1. The molecule has 1 heterocycles. The number of benzene rings is 1. The Morgan fingerprint density at radius 3 is 2.71 bits per heavy atom. The first-order valence-electron chi connectivity index (χ1n) is 7.31. The van der Waals surface area contributed by atoms with Crippen molar-refractivity contribution in [2.24, 2.45) is 0 Å². The predicted octanol–water partition coefficient (Wildman–Crippen LogP) is 4.57. The molecule has 24 heavy (non-hydrogen) atoms. The van der Waals surface area contributed by atoms with E-state index in [0.29, 0.717) is 24.7 Å². The molecule has 2 rings (SSSR count). The van der Waals surface area contributed by atoms with Gasteiger partial charge in [0.05, 0.1) is 30.7 Å². The molecule has 1 aromatic carbocycles. The van der Waals surface area contributed by atoms with Crippen LogP contribution in [0.1, 0.15) is 24.7 Å². The molecule has 0 aliphatic carbocycles. The molecule has 0 fully saturated rings. The Labute approximate surface area is 143 Å². The van der Waals surface area contributed by atoms with Gasteiger partial charge in [-0.25, -0.2) is 0 Å². The van der Waals surface area contributed by atoms with Crippen molar-refractivity contribution in [3.8, 4) is 5.75 Å². The minimum atomic E-state index is -4.44. The zero-order valence-electron chi connectivity index (χ0n) is 12.9. The van der Waals surface area contributed by atoms with Crippen LogP contribution in [0.3, 0.4) is 0 Å². The van der Waals surface area contributed by atoms with E-state index in [4.69, 9.17) is 21.4 Å². The second-order valence-corrected chi connectivity index (χ2v) is 5.35. The summed E-state index contributed by atoms with van der Waals surface area (Å²) >= 11 is 5.12. The summed E-state index contributed by atoms with van der Waals surface area (Å²) in [6.07, 6.45) is -2.18. The molecule has 1 aromatic heterocycles. The monoisotopic (exact) mass is 358 g/mol. The summed E-state index contributed by atoms with van der Waals surface area (Å²) in [6.45, 7) is 2.63. The fraction of sp³-hybridized carbons (Fsp3) is 0.312. The molecule has 0 radical (unpaired) electrons. The van der Waals surface area contributed by atoms with Crippen LogP contribution in [0, 0.1) is 0 Å². The second-order valence-electron chi connectivity index (χ2n) is 4.94. The van der Waals surface area contributed by atoms with Crippen molar-refractivity contribution in [3.63, 3.8) is 0 Å². The molecule has 8 heteroatoms.